The molecule has 2 aromatic rings. The lowest BCUT2D eigenvalue weighted by Gasteiger charge is -2.43. The lowest BCUT2D eigenvalue weighted by molar-refractivity contribution is -0.149. The highest BCUT2D eigenvalue weighted by Gasteiger charge is 2.49. The third-order valence-corrected chi connectivity index (χ3v) is 8.81. The Morgan fingerprint density at radius 1 is 1.18 bits per heavy atom. The molecule has 3 aliphatic rings. The number of halogens is 1. The molecular formula is C31H36ClN3O4. The van der Waals surface area contributed by atoms with Crippen LogP contribution < -0.4 is 15.8 Å². The van der Waals surface area contributed by atoms with Gasteiger partial charge in [-0.2, -0.15) is 0 Å². The maximum Gasteiger partial charge on any atom is 0.339 e. The summed E-state index contributed by atoms with van der Waals surface area (Å²) in [5.41, 5.74) is 5.73. The predicted octanol–water partition coefficient (Wildman–Crippen LogP) is 5.59. The summed E-state index contributed by atoms with van der Waals surface area (Å²) in [6, 6.07) is 5.76. The number of carbonyl (C=O) groups is 2. The highest BCUT2D eigenvalue weighted by Crippen LogP contribution is 2.48. The number of ether oxygens (including phenoxy) is 1. The lowest BCUT2D eigenvalue weighted by atomic mass is 9.74. The second-order valence-corrected chi connectivity index (χ2v) is 11.4. The molecule has 1 spiro atoms. The van der Waals surface area contributed by atoms with Gasteiger partial charge in [-0.05, 0) is 101 Å². The number of allylic oxidation sites excluding steroid dienone is 1. The minimum absolute atomic E-state index is 0.134. The van der Waals surface area contributed by atoms with E-state index in [0.29, 0.717) is 16.1 Å². The van der Waals surface area contributed by atoms with E-state index in [9.17, 15) is 14.4 Å². The average Bonchev–Trinajstić information content (AvgIpc) is 3.17. The number of nitrogens with zero attached hydrogens (tertiary/aromatic N) is 1. The van der Waals surface area contributed by atoms with Gasteiger partial charge in [-0.1, -0.05) is 23.8 Å². The van der Waals surface area contributed by atoms with Crippen molar-refractivity contribution in [3.8, 4) is 0 Å². The molecular weight excluding hydrogens is 514 g/mol. The summed E-state index contributed by atoms with van der Waals surface area (Å²) in [5, 5.41) is 3.41. The Kier molecular flexibility index (Phi) is 7.47. The number of aryl methyl sites for hydroxylation is 2. The third-order valence-electron chi connectivity index (χ3n) is 8.59. The second-order valence-electron chi connectivity index (χ2n) is 11.0. The largest absolute Gasteiger partial charge is 0.451 e. The molecule has 8 heteroatoms. The van der Waals surface area contributed by atoms with Crippen LogP contribution in [0.4, 0.5) is 5.69 Å². The number of hydrogen-bond donors (Lipinski definition) is 2. The van der Waals surface area contributed by atoms with Gasteiger partial charge < -0.3 is 19.9 Å². The van der Waals surface area contributed by atoms with Gasteiger partial charge in [0.1, 0.15) is 5.60 Å². The van der Waals surface area contributed by atoms with E-state index < -0.39 is 5.60 Å². The van der Waals surface area contributed by atoms with Crippen LogP contribution in [0.5, 0.6) is 0 Å². The van der Waals surface area contributed by atoms with Crippen LogP contribution in [0.15, 0.2) is 46.3 Å². The van der Waals surface area contributed by atoms with Crippen molar-refractivity contribution in [3.05, 3.63) is 84.8 Å². The number of anilines is 1. The molecule has 1 aromatic heterocycles. The van der Waals surface area contributed by atoms with Gasteiger partial charge in [-0.3, -0.25) is 9.59 Å². The van der Waals surface area contributed by atoms with Crippen LogP contribution in [-0.4, -0.2) is 35.0 Å². The van der Waals surface area contributed by atoms with Gasteiger partial charge in [-0.15, -0.1) is 0 Å². The summed E-state index contributed by atoms with van der Waals surface area (Å²) in [4.78, 5) is 43.4. The molecule has 0 unspecified atom stereocenters. The molecule has 1 amide bonds. The zero-order chi connectivity index (χ0) is 27.9. The fourth-order valence-corrected chi connectivity index (χ4v) is 6.81. The van der Waals surface area contributed by atoms with Crippen molar-refractivity contribution >= 4 is 29.2 Å². The Morgan fingerprint density at radius 2 is 1.92 bits per heavy atom. The van der Waals surface area contributed by atoms with E-state index in [2.05, 4.69) is 28.2 Å². The summed E-state index contributed by atoms with van der Waals surface area (Å²) in [7, 11) is 0. The van der Waals surface area contributed by atoms with E-state index in [1.807, 2.05) is 39.0 Å². The maximum atomic E-state index is 13.3. The van der Waals surface area contributed by atoms with Crippen molar-refractivity contribution in [1.29, 1.82) is 0 Å². The van der Waals surface area contributed by atoms with Crippen LogP contribution in [0.25, 0.3) is 0 Å². The van der Waals surface area contributed by atoms with E-state index >= 15 is 0 Å². The topological polar surface area (TPSA) is 91.5 Å². The molecule has 5 rings (SSSR count). The number of benzene rings is 1. The molecule has 2 heterocycles. The van der Waals surface area contributed by atoms with Crippen molar-refractivity contribution < 1.29 is 14.3 Å². The smallest absolute Gasteiger partial charge is 0.339 e. The normalized spacial score (nSPS) is 22.2. The molecule has 1 saturated carbocycles. The van der Waals surface area contributed by atoms with Gasteiger partial charge in [0.05, 0.1) is 5.57 Å². The Bertz CT molecular complexity index is 1450. The highest BCUT2D eigenvalue weighted by atomic mass is 35.5. The van der Waals surface area contributed by atoms with E-state index in [-0.39, 0.29) is 30.0 Å². The SMILES string of the molecule is CCN(c1cc(Cl)cc(C(=O)NCc2c(C)cc(C)[nH]c2=O)c1C)C1CCC2(CC1)OC(=O)C1=C2CCC=C1. The fraction of sp³-hybridized carbons (Fsp3) is 0.452. The first-order chi connectivity index (χ1) is 18.6. The summed E-state index contributed by atoms with van der Waals surface area (Å²) >= 11 is 6.55. The monoisotopic (exact) mass is 549 g/mol. The number of aromatic amines is 1. The first kappa shape index (κ1) is 27.3. The summed E-state index contributed by atoms with van der Waals surface area (Å²) in [5.74, 6) is -0.451. The Labute approximate surface area is 234 Å². The molecule has 7 nitrogen and oxygen atoms in total. The van der Waals surface area contributed by atoms with Gasteiger partial charge >= 0.3 is 5.97 Å². The van der Waals surface area contributed by atoms with Gasteiger partial charge in [0.2, 0.25) is 0 Å². The average molecular weight is 550 g/mol. The zero-order valence-electron chi connectivity index (χ0n) is 23.1. The maximum absolute atomic E-state index is 13.3. The Hall–Kier alpha value is -3.32. The first-order valence-electron chi connectivity index (χ1n) is 13.8. The highest BCUT2D eigenvalue weighted by molar-refractivity contribution is 6.31. The van der Waals surface area contributed by atoms with Gasteiger partial charge in [-0.25, -0.2) is 4.79 Å². The van der Waals surface area contributed by atoms with Crippen molar-refractivity contribution in [2.24, 2.45) is 0 Å². The van der Waals surface area contributed by atoms with Crippen LogP contribution in [0.1, 0.15) is 78.2 Å². The van der Waals surface area contributed by atoms with Crippen LogP contribution in [0, 0.1) is 20.8 Å². The van der Waals surface area contributed by atoms with Gasteiger partial charge in [0.25, 0.3) is 11.5 Å². The summed E-state index contributed by atoms with van der Waals surface area (Å²) in [6.45, 7) is 8.65. The number of nitrogens with one attached hydrogen (secondary N) is 2. The fourth-order valence-electron chi connectivity index (χ4n) is 6.60. The minimum Gasteiger partial charge on any atom is -0.451 e. The first-order valence-corrected chi connectivity index (χ1v) is 14.2. The van der Waals surface area contributed by atoms with Crippen molar-refractivity contribution in [2.45, 2.75) is 84.4 Å². The van der Waals surface area contributed by atoms with Crippen molar-refractivity contribution in [1.82, 2.24) is 10.3 Å². The molecule has 1 aromatic carbocycles. The molecule has 1 aliphatic heterocycles. The number of H-pyrrole nitrogens is 1. The second kappa shape index (κ2) is 10.7. The third kappa shape index (κ3) is 5.05. The number of rotatable bonds is 6. The number of carbonyl (C=O) groups excluding carboxylic acids is 2. The minimum atomic E-state index is -0.465. The number of amides is 1. The molecule has 0 atom stereocenters. The molecule has 2 aliphatic carbocycles. The van der Waals surface area contributed by atoms with Gasteiger partial charge in [0, 0.05) is 46.7 Å². The van der Waals surface area contributed by atoms with Crippen molar-refractivity contribution in [2.75, 3.05) is 11.4 Å². The molecule has 0 radical (unpaired) electrons. The van der Waals surface area contributed by atoms with E-state index in [0.717, 1.165) is 73.2 Å². The molecule has 39 heavy (non-hydrogen) atoms. The van der Waals surface area contributed by atoms with Crippen LogP contribution in [0.2, 0.25) is 5.02 Å². The number of esters is 1. The van der Waals surface area contributed by atoms with Gasteiger partial charge in [0.15, 0.2) is 0 Å². The molecule has 0 bridgehead atoms. The standard InChI is InChI=1S/C31H36ClN3O4/c1-5-35(22-10-12-31(13-11-22)26-9-7-6-8-23(26)30(38)39-31)27-16-21(32)15-24(20(27)4)28(36)33-17-25-18(2)14-19(3)34-29(25)37/h6,8,14-16,22H,5,7,9-13,17H2,1-4H3,(H,33,36)(H,34,37). The molecule has 2 N–H and O–H groups in total. The zero-order valence-corrected chi connectivity index (χ0v) is 23.8. The quantitative estimate of drug-likeness (QED) is 0.458. The summed E-state index contributed by atoms with van der Waals surface area (Å²) < 4.78 is 6.00. The number of hydrogen-bond acceptors (Lipinski definition) is 5. The number of pyridine rings is 1. The van der Waals surface area contributed by atoms with E-state index in [4.69, 9.17) is 16.3 Å². The Balaban J connectivity index is 1.34. The lowest BCUT2D eigenvalue weighted by Crippen LogP contribution is -2.45. The van der Waals surface area contributed by atoms with Crippen LogP contribution >= 0.6 is 11.6 Å². The molecule has 1 fully saturated rings. The number of fused-ring (bicyclic) bond motifs is 1. The van der Waals surface area contributed by atoms with Crippen molar-refractivity contribution in [3.63, 3.8) is 0 Å². The van der Waals surface area contributed by atoms with E-state index in [1.165, 1.54) is 5.57 Å². The molecule has 206 valence electrons. The Morgan fingerprint density at radius 3 is 2.62 bits per heavy atom. The predicted molar refractivity (Wildman–Crippen MR) is 153 cm³/mol. The molecule has 0 saturated heterocycles. The van der Waals surface area contributed by atoms with Crippen LogP contribution in [0.3, 0.4) is 0 Å². The van der Waals surface area contributed by atoms with E-state index in [1.54, 1.807) is 6.07 Å². The summed E-state index contributed by atoms with van der Waals surface area (Å²) in [6.07, 6.45) is 9.17. The van der Waals surface area contributed by atoms with Crippen LogP contribution in [-0.2, 0) is 16.1 Å². The number of aromatic nitrogens is 1.